The van der Waals surface area contributed by atoms with Crippen LogP contribution in [0.2, 0.25) is 0 Å². The Kier molecular flexibility index (Phi) is 6.96. The van der Waals surface area contributed by atoms with Crippen molar-refractivity contribution in [1.82, 2.24) is 20.4 Å². The number of rotatable bonds is 7. The summed E-state index contributed by atoms with van der Waals surface area (Å²) in [6.07, 6.45) is 3.09. The molecule has 5 rings (SSSR count). The Morgan fingerprint density at radius 3 is 2.66 bits per heavy atom. The van der Waals surface area contributed by atoms with Crippen molar-refractivity contribution in [2.45, 2.75) is 50.8 Å². The van der Waals surface area contributed by atoms with E-state index in [1.165, 1.54) is 0 Å². The summed E-state index contributed by atoms with van der Waals surface area (Å²) in [6, 6.07) is 12.9. The van der Waals surface area contributed by atoms with E-state index in [2.05, 4.69) is 20.4 Å². The van der Waals surface area contributed by atoms with Gasteiger partial charge in [0.05, 0.1) is 19.9 Å². The largest absolute Gasteiger partial charge is 0.391 e. The van der Waals surface area contributed by atoms with Gasteiger partial charge in [-0.2, -0.15) is 4.99 Å². The quantitative estimate of drug-likeness (QED) is 0.443. The number of aromatic nitrogens is 2. The average molecular weight is 511 g/mol. The Morgan fingerprint density at radius 2 is 2.03 bits per heavy atom. The van der Waals surface area contributed by atoms with Gasteiger partial charge in [0.15, 0.2) is 0 Å². The van der Waals surface area contributed by atoms with Gasteiger partial charge in [-0.05, 0) is 41.7 Å². The van der Waals surface area contributed by atoms with Gasteiger partial charge in [-0.3, -0.25) is 14.6 Å². The highest BCUT2D eigenvalue weighted by atomic mass is 16.5. The molecule has 1 aromatic carbocycles. The first kappa shape index (κ1) is 25.9. The van der Waals surface area contributed by atoms with Crippen molar-refractivity contribution in [3.63, 3.8) is 0 Å². The number of aliphatic imine (C=N–C) groups is 1. The lowest BCUT2D eigenvalue weighted by Crippen LogP contribution is -2.51. The molecule has 3 aromatic rings. The highest BCUT2D eigenvalue weighted by molar-refractivity contribution is 6.97. The summed E-state index contributed by atoms with van der Waals surface area (Å²) in [4.78, 5) is 37.2. The highest BCUT2D eigenvalue weighted by Gasteiger charge is 2.48. The van der Waals surface area contributed by atoms with E-state index >= 15 is 0 Å². The fourth-order valence-electron chi connectivity index (χ4n) is 5.31. The molecule has 0 radical (unpaired) electrons. The maximum absolute atomic E-state index is 13.8. The number of likely N-dealkylation sites (tertiary alicyclic amines) is 1. The number of nitrogens with zero attached hydrogens (tertiary/aromatic N) is 4. The molecule has 2 N–H and O–H groups in total. The Hall–Kier alpha value is -3.72. The van der Waals surface area contributed by atoms with Crippen LogP contribution in [0.1, 0.15) is 44.4 Å². The van der Waals surface area contributed by atoms with Gasteiger partial charge < -0.3 is 19.8 Å². The predicted molar refractivity (Wildman–Crippen MR) is 148 cm³/mol. The molecule has 0 spiro atoms. The third-order valence-electron chi connectivity index (χ3n) is 7.54. The number of carbonyl (C=O) groups is 2. The number of nitrogens with one attached hydrogen (secondary N) is 1. The zero-order valence-corrected chi connectivity index (χ0v) is 22.1. The van der Waals surface area contributed by atoms with Gasteiger partial charge in [0, 0.05) is 31.0 Å². The number of hydrogen-bond acceptors (Lipinski definition) is 7. The molecule has 1 saturated heterocycles. The Morgan fingerprint density at radius 1 is 1.26 bits per heavy atom. The van der Waals surface area contributed by atoms with Gasteiger partial charge in [0.1, 0.15) is 30.2 Å². The number of benzene rings is 1. The molecule has 194 valence electrons. The molecule has 11 heteroatoms. The Labute approximate surface area is 223 Å². The number of β-amino-alcohol motifs (C(OH)–C–C–N with tert-alkyl or cyclic N) is 1. The summed E-state index contributed by atoms with van der Waals surface area (Å²) < 4.78 is 5.53. The minimum atomic E-state index is -1.08. The molecule has 0 bridgehead atoms. The van der Waals surface area contributed by atoms with Crippen molar-refractivity contribution in [2.75, 3.05) is 6.54 Å². The summed E-state index contributed by atoms with van der Waals surface area (Å²) in [5, 5.41) is 17.9. The first-order valence-electron chi connectivity index (χ1n) is 13.1. The molecule has 2 amide bonds. The molecule has 9 nitrogen and oxygen atoms in total. The zero-order valence-electron chi connectivity index (χ0n) is 22.1. The molecule has 2 aromatic heterocycles. The maximum Gasteiger partial charge on any atom is 0.277 e. The summed E-state index contributed by atoms with van der Waals surface area (Å²) in [5.74, 6) is -0.210. The van der Waals surface area contributed by atoms with Crippen LogP contribution in [0.4, 0.5) is 0 Å². The van der Waals surface area contributed by atoms with Crippen molar-refractivity contribution in [1.29, 1.82) is 0 Å². The number of amides is 2. The number of carbonyl (C=O) groups excluding carboxylic acids is 2. The first-order valence-corrected chi connectivity index (χ1v) is 13.1. The summed E-state index contributed by atoms with van der Waals surface area (Å²) >= 11 is 0. The minimum Gasteiger partial charge on any atom is -0.391 e. The van der Waals surface area contributed by atoms with E-state index in [9.17, 15) is 14.7 Å². The van der Waals surface area contributed by atoms with Crippen molar-refractivity contribution in [3.8, 4) is 11.1 Å². The van der Waals surface area contributed by atoms with E-state index < -0.39 is 23.6 Å². The standard InChI is InChI=1S/C27H31B2N5O4/c1-15(2)23(21-12-22(29-28)33-38-21)25(36)34-14-19(35)11-20(34)24-31-26(37)27(3,32-24)18-8-6-16(7-9-18)17-5-4-10-30-13-17/h4-10,12-13,15,19-20,23,29,35H,11,14,28H2,1-3H3,(H,31,32,37)/t19-,20+,23?,27?/m1/s1. The summed E-state index contributed by atoms with van der Waals surface area (Å²) in [6.45, 7) is 5.87. The van der Waals surface area contributed by atoms with Crippen molar-refractivity contribution in [3.05, 3.63) is 66.2 Å². The molecule has 1 fully saturated rings. The lowest BCUT2D eigenvalue weighted by atomic mass is 9.53. The second kappa shape index (κ2) is 10.2. The molecule has 0 aliphatic carbocycles. The minimum absolute atomic E-state index is 0.0535. The number of aliphatic hydroxyl groups excluding tert-OH is 1. The second-order valence-electron chi connectivity index (χ2n) is 10.6. The fraction of sp³-hybridized carbons (Fsp3) is 0.370. The summed E-state index contributed by atoms with van der Waals surface area (Å²) in [5.41, 5.74) is 2.45. The van der Waals surface area contributed by atoms with Gasteiger partial charge in [-0.15, -0.1) is 0 Å². The molecule has 0 saturated carbocycles. The lowest BCUT2D eigenvalue weighted by molar-refractivity contribution is -0.134. The SMILES string of the molecule is BBc1cc(C(C(=O)N2C[C@H](O)C[C@H]2C2=NC(=O)C(C)(c3ccc(-c4cccnc4)cc3)N2)C(C)C)on1. The number of aliphatic hydroxyl groups is 1. The molecule has 4 atom stereocenters. The van der Waals surface area contributed by atoms with Crippen LogP contribution >= 0.6 is 0 Å². The molecule has 2 aliphatic heterocycles. The van der Waals surface area contributed by atoms with Crippen LogP contribution in [0.15, 0.2) is 64.4 Å². The van der Waals surface area contributed by atoms with Crippen molar-refractivity contribution < 1.29 is 19.2 Å². The van der Waals surface area contributed by atoms with Crippen LogP contribution in [0, 0.1) is 5.92 Å². The smallest absolute Gasteiger partial charge is 0.277 e. The van der Waals surface area contributed by atoms with E-state index in [0.29, 0.717) is 25.2 Å². The van der Waals surface area contributed by atoms with Crippen molar-refractivity contribution >= 4 is 38.2 Å². The van der Waals surface area contributed by atoms with E-state index in [4.69, 9.17) is 4.52 Å². The molecule has 2 unspecified atom stereocenters. The third-order valence-corrected chi connectivity index (χ3v) is 7.54. The number of hydrogen-bond donors (Lipinski definition) is 2. The van der Waals surface area contributed by atoms with Crippen LogP contribution in [-0.2, 0) is 15.1 Å². The Balaban J connectivity index is 1.38. The van der Waals surface area contributed by atoms with E-state index in [1.807, 2.05) is 64.0 Å². The van der Waals surface area contributed by atoms with Crippen LogP contribution in [0.3, 0.4) is 0 Å². The predicted octanol–water partition coefficient (Wildman–Crippen LogP) is 0.492. The van der Waals surface area contributed by atoms with Gasteiger partial charge in [-0.25, -0.2) is 0 Å². The molecule has 38 heavy (non-hydrogen) atoms. The topological polar surface area (TPSA) is 121 Å². The van der Waals surface area contributed by atoms with Crippen LogP contribution < -0.4 is 10.9 Å². The van der Waals surface area contributed by atoms with E-state index in [0.717, 1.165) is 22.3 Å². The van der Waals surface area contributed by atoms with Gasteiger partial charge in [-0.1, -0.05) is 49.3 Å². The average Bonchev–Trinajstić information content (AvgIpc) is 3.62. The van der Waals surface area contributed by atoms with Crippen LogP contribution in [0.5, 0.6) is 0 Å². The van der Waals surface area contributed by atoms with Gasteiger partial charge in [0.2, 0.25) is 5.91 Å². The maximum atomic E-state index is 13.8. The third kappa shape index (κ3) is 4.67. The molecular weight excluding hydrogens is 480 g/mol. The lowest BCUT2D eigenvalue weighted by Gasteiger charge is -2.31. The van der Waals surface area contributed by atoms with Crippen LogP contribution in [0.25, 0.3) is 11.1 Å². The highest BCUT2D eigenvalue weighted by Crippen LogP contribution is 2.34. The first-order chi connectivity index (χ1) is 18.2. The summed E-state index contributed by atoms with van der Waals surface area (Å²) in [7, 11) is 2.68. The van der Waals surface area contributed by atoms with E-state index in [-0.39, 0.29) is 24.3 Å². The van der Waals surface area contributed by atoms with Gasteiger partial charge in [0.25, 0.3) is 5.91 Å². The van der Waals surface area contributed by atoms with Crippen LogP contribution in [-0.4, -0.2) is 71.4 Å². The zero-order chi connectivity index (χ0) is 27.0. The molecule has 2 aliphatic rings. The van der Waals surface area contributed by atoms with E-state index in [1.54, 1.807) is 24.2 Å². The fourth-order valence-corrected chi connectivity index (χ4v) is 5.31. The molecular formula is C27H31B2N5O4. The number of amidine groups is 1. The normalized spacial score (nSPS) is 23.9. The Bertz CT molecular complexity index is 1360. The monoisotopic (exact) mass is 511 g/mol. The van der Waals surface area contributed by atoms with Gasteiger partial charge >= 0.3 is 0 Å². The van der Waals surface area contributed by atoms with Crippen molar-refractivity contribution in [2.24, 2.45) is 10.9 Å². The molecule has 4 heterocycles. The number of pyridine rings is 1. The second-order valence-corrected chi connectivity index (χ2v) is 10.6.